The van der Waals surface area contributed by atoms with Crippen molar-refractivity contribution in [3.8, 4) is 0 Å². The molecule has 4 fully saturated rings. The maximum atomic E-state index is 4.28. The van der Waals surface area contributed by atoms with Crippen LogP contribution in [0.4, 0.5) is 0 Å². The van der Waals surface area contributed by atoms with Crippen molar-refractivity contribution in [1.29, 1.82) is 0 Å². The van der Waals surface area contributed by atoms with Crippen LogP contribution in [0, 0.1) is 24.7 Å². The SMILES string of the molecule is Cc1ccc(CNC23CC4CC(CC(C4)C2)C3)nn1. The largest absolute Gasteiger partial charge is 0.306 e. The summed E-state index contributed by atoms with van der Waals surface area (Å²) in [5, 5.41) is 12.3. The van der Waals surface area contributed by atoms with Crippen molar-refractivity contribution in [2.75, 3.05) is 0 Å². The molecule has 1 N–H and O–H groups in total. The Kier molecular flexibility index (Phi) is 2.66. The molecular weight excluding hydrogens is 234 g/mol. The quantitative estimate of drug-likeness (QED) is 0.905. The first-order chi connectivity index (χ1) is 9.21. The Morgan fingerprint density at radius 2 is 1.68 bits per heavy atom. The van der Waals surface area contributed by atoms with E-state index >= 15 is 0 Å². The Bertz CT molecular complexity index is 430. The lowest BCUT2D eigenvalue weighted by Gasteiger charge is -2.57. The number of nitrogens with zero attached hydrogens (tertiary/aromatic N) is 2. The minimum atomic E-state index is 0.432. The predicted octanol–water partition coefficient (Wildman–Crippen LogP) is 2.84. The van der Waals surface area contributed by atoms with Gasteiger partial charge in [-0.05, 0) is 75.3 Å². The zero-order valence-corrected chi connectivity index (χ0v) is 11.7. The molecule has 102 valence electrons. The van der Waals surface area contributed by atoms with E-state index in [2.05, 4.69) is 27.6 Å². The Balaban J connectivity index is 1.46. The molecule has 4 saturated carbocycles. The van der Waals surface area contributed by atoms with Crippen molar-refractivity contribution in [2.45, 2.75) is 57.5 Å². The molecule has 5 rings (SSSR count). The Morgan fingerprint density at radius 3 is 2.21 bits per heavy atom. The molecule has 4 bridgehead atoms. The smallest absolute Gasteiger partial charge is 0.0769 e. The Hall–Kier alpha value is -0.960. The van der Waals surface area contributed by atoms with Gasteiger partial charge in [-0.25, -0.2) is 0 Å². The molecular formula is C16H23N3. The number of hydrogen-bond acceptors (Lipinski definition) is 3. The van der Waals surface area contributed by atoms with E-state index in [1.807, 2.05) is 6.92 Å². The van der Waals surface area contributed by atoms with Gasteiger partial charge in [-0.1, -0.05) is 0 Å². The van der Waals surface area contributed by atoms with Crippen molar-refractivity contribution >= 4 is 0 Å². The average molecular weight is 257 g/mol. The Morgan fingerprint density at radius 1 is 1.05 bits per heavy atom. The second kappa shape index (κ2) is 4.27. The second-order valence-electron chi connectivity index (χ2n) is 7.22. The molecule has 19 heavy (non-hydrogen) atoms. The van der Waals surface area contributed by atoms with E-state index in [0.29, 0.717) is 5.54 Å². The van der Waals surface area contributed by atoms with Gasteiger partial charge in [-0.3, -0.25) is 0 Å². The molecule has 0 saturated heterocycles. The van der Waals surface area contributed by atoms with Crippen LogP contribution in [0.2, 0.25) is 0 Å². The summed E-state index contributed by atoms with van der Waals surface area (Å²) in [6.07, 6.45) is 8.72. The number of aryl methyl sites for hydroxylation is 1. The topological polar surface area (TPSA) is 37.8 Å². The molecule has 0 aliphatic heterocycles. The van der Waals surface area contributed by atoms with Crippen LogP contribution in [0.15, 0.2) is 12.1 Å². The van der Waals surface area contributed by atoms with Crippen LogP contribution in [0.3, 0.4) is 0 Å². The summed E-state index contributed by atoms with van der Waals surface area (Å²) in [6, 6.07) is 4.17. The number of rotatable bonds is 3. The van der Waals surface area contributed by atoms with Crippen LogP contribution < -0.4 is 5.32 Å². The van der Waals surface area contributed by atoms with Crippen LogP contribution in [-0.4, -0.2) is 15.7 Å². The van der Waals surface area contributed by atoms with Gasteiger partial charge in [0.25, 0.3) is 0 Å². The molecule has 1 aromatic rings. The van der Waals surface area contributed by atoms with E-state index in [4.69, 9.17) is 0 Å². The zero-order chi connectivity index (χ0) is 12.9. The normalized spacial score (nSPS) is 39.7. The number of hydrogen-bond donors (Lipinski definition) is 1. The van der Waals surface area contributed by atoms with Crippen LogP contribution in [0.25, 0.3) is 0 Å². The first kappa shape index (κ1) is 11.8. The van der Waals surface area contributed by atoms with Gasteiger partial charge in [0.2, 0.25) is 0 Å². The first-order valence-corrected chi connectivity index (χ1v) is 7.75. The van der Waals surface area contributed by atoms with Gasteiger partial charge in [0.1, 0.15) is 0 Å². The third-order valence-corrected chi connectivity index (χ3v) is 5.54. The fourth-order valence-corrected chi connectivity index (χ4v) is 5.13. The van der Waals surface area contributed by atoms with Gasteiger partial charge < -0.3 is 5.32 Å². The van der Waals surface area contributed by atoms with Crippen molar-refractivity contribution in [1.82, 2.24) is 15.5 Å². The van der Waals surface area contributed by atoms with Crippen LogP contribution in [0.5, 0.6) is 0 Å². The molecule has 4 aliphatic carbocycles. The molecule has 4 aliphatic rings. The lowest BCUT2D eigenvalue weighted by molar-refractivity contribution is -0.0207. The van der Waals surface area contributed by atoms with Crippen LogP contribution >= 0.6 is 0 Å². The molecule has 0 radical (unpaired) electrons. The highest BCUT2D eigenvalue weighted by Gasteiger charge is 2.50. The van der Waals surface area contributed by atoms with E-state index in [1.165, 1.54) is 38.5 Å². The summed E-state index contributed by atoms with van der Waals surface area (Å²) in [4.78, 5) is 0. The van der Waals surface area contributed by atoms with Crippen molar-refractivity contribution in [2.24, 2.45) is 17.8 Å². The minimum Gasteiger partial charge on any atom is -0.306 e. The third-order valence-electron chi connectivity index (χ3n) is 5.54. The summed E-state index contributed by atoms with van der Waals surface area (Å²) < 4.78 is 0. The van der Waals surface area contributed by atoms with Gasteiger partial charge in [0, 0.05) is 12.1 Å². The first-order valence-electron chi connectivity index (χ1n) is 7.75. The van der Waals surface area contributed by atoms with Crippen molar-refractivity contribution in [3.05, 3.63) is 23.5 Å². The second-order valence-corrected chi connectivity index (χ2v) is 7.22. The lowest BCUT2D eigenvalue weighted by atomic mass is 9.53. The van der Waals surface area contributed by atoms with Gasteiger partial charge in [-0.2, -0.15) is 10.2 Å². The maximum absolute atomic E-state index is 4.28. The summed E-state index contributed by atoms with van der Waals surface area (Å²) >= 11 is 0. The highest BCUT2D eigenvalue weighted by atomic mass is 15.1. The number of aromatic nitrogens is 2. The minimum absolute atomic E-state index is 0.432. The lowest BCUT2D eigenvalue weighted by Crippen LogP contribution is -2.58. The van der Waals surface area contributed by atoms with Crippen LogP contribution in [-0.2, 0) is 6.54 Å². The van der Waals surface area contributed by atoms with Gasteiger partial charge >= 0.3 is 0 Å². The van der Waals surface area contributed by atoms with Gasteiger partial charge in [0.15, 0.2) is 0 Å². The summed E-state index contributed by atoms with van der Waals surface area (Å²) in [5.74, 6) is 3.01. The third kappa shape index (κ3) is 2.18. The highest BCUT2D eigenvalue weighted by molar-refractivity contribution is 5.09. The van der Waals surface area contributed by atoms with Crippen molar-refractivity contribution < 1.29 is 0 Å². The fourth-order valence-electron chi connectivity index (χ4n) is 5.13. The summed E-state index contributed by atoms with van der Waals surface area (Å²) in [7, 11) is 0. The fraction of sp³-hybridized carbons (Fsp3) is 0.750. The highest BCUT2D eigenvalue weighted by Crippen LogP contribution is 2.55. The van der Waals surface area contributed by atoms with E-state index in [1.54, 1.807) is 0 Å². The molecule has 1 aromatic heterocycles. The Labute approximate surface area is 115 Å². The summed E-state index contributed by atoms with van der Waals surface area (Å²) in [5.41, 5.74) is 2.52. The average Bonchev–Trinajstić information content (AvgIpc) is 2.36. The molecule has 0 amide bonds. The van der Waals surface area contributed by atoms with E-state index in [9.17, 15) is 0 Å². The standard InChI is InChI=1S/C16H23N3/c1-11-2-3-15(19-18-11)10-17-16-7-12-4-13(8-16)6-14(5-12)9-16/h2-3,12-14,17H,4-10H2,1H3. The molecule has 0 unspecified atom stereocenters. The van der Waals surface area contributed by atoms with Crippen LogP contribution in [0.1, 0.15) is 49.9 Å². The number of nitrogens with one attached hydrogen (secondary N) is 1. The zero-order valence-electron chi connectivity index (χ0n) is 11.7. The van der Waals surface area contributed by atoms with E-state index in [-0.39, 0.29) is 0 Å². The summed E-state index contributed by atoms with van der Waals surface area (Å²) in [6.45, 7) is 2.88. The maximum Gasteiger partial charge on any atom is 0.0769 e. The predicted molar refractivity (Wildman–Crippen MR) is 74.5 cm³/mol. The van der Waals surface area contributed by atoms with E-state index < -0.39 is 0 Å². The van der Waals surface area contributed by atoms with Crippen molar-refractivity contribution in [3.63, 3.8) is 0 Å². The van der Waals surface area contributed by atoms with Gasteiger partial charge in [0.05, 0.1) is 11.4 Å². The van der Waals surface area contributed by atoms with E-state index in [0.717, 1.165) is 35.7 Å². The molecule has 0 atom stereocenters. The molecule has 0 spiro atoms. The molecule has 0 aromatic carbocycles. The monoisotopic (exact) mass is 257 g/mol. The molecule has 3 nitrogen and oxygen atoms in total. The van der Waals surface area contributed by atoms with Gasteiger partial charge in [-0.15, -0.1) is 0 Å². The molecule has 3 heteroatoms. The molecule has 1 heterocycles.